The van der Waals surface area contributed by atoms with Gasteiger partial charge in [-0.3, -0.25) is 14.2 Å². The molecule has 6 rings (SSSR count). The molecule has 3 aromatic carbocycles. The molecule has 172 valence electrons. The van der Waals surface area contributed by atoms with E-state index in [9.17, 15) is 9.59 Å². The molecule has 0 radical (unpaired) electrons. The van der Waals surface area contributed by atoms with Gasteiger partial charge in [-0.1, -0.05) is 44.0 Å². The van der Waals surface area contributed by atoms with Gasteiger partial charge in [-0.25, -0.2) is 0 Å². The fourth-order valence-electron chi connectivity index (χ4n) is 5.08. The van der Waals surface area contributed by atoms with Crippen LogP contribution in [0.3, 0.4) is 0 Å². The van der Waals surface area contributed by atoms with E-state index in [-0.39, 0.29) is 17.2 Å². The third-order valence-corrected chi connectivity index (χ3v) is 7.98. The van der Waals surface area contributed by atoms with E-state index in [1.54, 1.807) is 23.5 Å². The summed E-state index contributed by atoms with van der Waals surface area (Å²) < 4.78 is 8.93. The average molecular weight is 479 g/mol. The molecule has 0 aliphatic carbocycles. The first-order valence-corrected chi connectivity index (χ1v) is 12.5. The lowest BCUT2D eigenvalue weighted by atomic mass is 9.95. The molecular weight excluding hydrogens is 456 g/mol. The van der Waals surface area contributed by atoms with Gasteiger partial charge < -0.3 is 10.2 Å². The van der Waals surface area contributed by atoms with Gasteiger partial charge >= 0.3 is 0 Å². The van der Waals surface area contributed by atoms with Crippen molar-refractivity contribution in [3.05, 3.63) is 86.6 Å². The van der Waals surface area contributed by atoms with Crippen molar-refractivity contribution < 1.29 is 4.42 Å². The van der Waals surface area contributed by atoms with Gasteiger partial charge in [0.05, 0.1) is 10.1 Å². The summed E-state index contributed by atoms with van der Waals surface area (Å²) in [6.07, 6.45) is 1.41. The Morgan fingerprint density at radius 1 is 0.886 bits per heavy atom. The minimum absolute atomic E-state index is 0.152. The number of fused-ring (bicyclic) bond motifs is 2. The standard InChI is InChI=1S/C29H22N2O3S/c1-3-17(4-2)31-28(32)21-13-12-20-19-7-5-6-8-23(19)35-27-16(9-10-18-11-14-24(30)34-18)15-22(29(31)33)25(21)26(20)27/h5-8,11-15,17H,3-4,30H2,1-2H3. The van der Waals surface area contributed by atoms with E-state index in [4.69, 9.17) is 10.2 Å². The lowest BCUT2D eigenvalue weighted by molar-refractivity contribution is 0.451. The average Bonchev–Trinajstić information content (AvgIpc) is 3.30. The second-order valence-electron chi connectivity index (χ2n) is 8.71. The molecule has 35 heavy (non-hydrogen) atoms. The predicted molar refractivity (Wildman–Crippen MR) is 145 cm³/mol. The van der Waals surface area contributed by atoms with Gasteiger partial charge in [0.25, 0.3) is 11.1 Å². The molecule has 0 spiro atoms. The monoisotopic (exact) mass is 478 g/mol. The van der Waals surface area contributed by atoms with E-state index >= 15 is 0 Å². The third kappa shape index (κ3) is 3.16. The molecule has 0 aliphatic rings. The van der Waals surface area contributed by atoms with Crippen LogP contribution in [0, 0.1) is 11.8 Å². The minimum Gasteiger partial charge on any atom is -0.433 e. The van der Waals surface area contributed by atoms with Crippen LogP contribution < -0.4 is 16.9 Å². The SMILES string of the molecule is CCC(CC)n1c(=O)c2ccc3c4ccccc4sc4c(C#Cc5ccc(N)o5)cc(c1=O)c2c43. The highest BCUT2D eigenvalue weighted by Crippen LogP contribution is 2.41. The number of nitrogen functional groups attached to an aromatic ring is 1. The van der Waals surface area contributed by atoms with Crippen LogP contribution in [0.4, 0.5) is 5.88 Å². The first-order chi connectivity index (χ1) is 17.0. The maximum absolute atomic E-state index is 13.8. The summed E-state index contributed by atoms with van der Waals surface area (Å²) in [4.78, 5) is 27.4. The van der Waals surface area contributed by atoms with Crippen LogP contribution in [-0.4, -0.2) is 4.57 Å². The quantitative estimate of drug-likeness (QED) is 0.185. The molecule has 3 heterocycles. The first-order valence-electron chi connectivity index (χ1n) is 11.7. The normalized spacial score (nSPS) is 11.7. The lowest BCUT2D eigenvalue weighted by Gasteiger charge is -2.19. The van der Waals surface area contributed by atoms with Gasteiger partial charge in [0.2, 0.25) is 0 Å². The molecule has 0 atom stereocenters. The number of nitrogens with zero attached hydrogens (tertiary/aromatic N) is 1. The number of pyridine rings is 1. The number of benzene rings is 3. The van der Waals surface area contributed by atoms with Crippen molar-refractivity contribution in [2.24, 2.45) is 0 Å². The maximum atomic E-state index is 13.8. The summed E-state index contributed by atoms with van der Waals surface area (Å²) in [5.74, 6) is 7.03. The van der Waals surface area contributed by atoms with Crippen molar-refractivity contribution in [3.8, 4) is 11.8 Å². The molecule has 2 N–H and O–H groups in total. The summed E-state index contributed by atoms with van der Waals surface area (Å²) in [6.45, 7) is 4.01. The smallest absolute Gasteiger partial charge is 0.261 e. The van der Waals surface area contributed by atoms with Gasteiger partial charge in [-0.2, -0.15) is 0 Å². The van der Waals surface area contributed by atoms with Crippen LogP contribution in [0.5, 0.6) is 0 Å². The Kier molecular flexibility index (Phi) is 4.91. The summed E-state index contributed by atoms with van der Waals surface area (Å²) in [7, 11) is 0. The Bertz CT molecular complexity index is 1940. The van der Waals surface area contributed by atoms with Crippen molar-refractivity contribution >= 4 is 58.9 Å². The van der Waals surface area contributed by atoms with Crippen LogP contribution in [0.2, 0.25) is 0 Å². The number of hydrogen-bond acceptors (Lipinski definition) is 5. The zero-order valence-corrected chi connectivity index (χ0v) is 20.2. The van der Waals surface area contributed by atoms with Crippen molar-refractivity contribution in [2.75, 3.05) is 5.73 Å². The number of aromatic nitrogens is 1. The van der Waals surface area contributed by atoms with Crippen LogP contribution in [0.25, 0.3) is 41.7 Å². The minimum atomic E-state index is -0.256. The molecule has 3 aromatic heterocycles. The van der Waals surface area contributed by atoms with Crippen molar-refractivity contribution in [3.63, 3.8) is 0 Å². The molecule has 5 nitrogen and oxygen atoms in total. The molecule has 0 saturated carbocycles. The molecule has 0 amide bonds. The maximum Gasteiger partial charge on any atom is 0.261 e. The van der Waals surface area contributed by atoms with Crippen LogP contribution in [0.15, 0.2) is 68.6 Å². The lowest BCUT2D eigenvalue weighted by Crippen LogP contribution is -2.36. The highest BCUT2D eigenvalue weighted by atomic mass is 32.1. The highest BCUT2D eigenvalue weighted by molar-refractivity contribution is 7.25. The zero-order chi connectivity index (χ0) is 24.3. The Morgan fingerprint density at radius 3 is 2.37 bits per heavy atom. The number of nitrogens with two attached hydrogens (primary N) is 1. The molecule has 0 aliphatic heterocycles. The summed E-state index contributed by atoms with van der Waals surface area (Å²) in [5.41, 5.74) is 5.96. The number of hydrogen-bond donors (Lipinski definition) is 1. The Hall–Kier alpha value is -4.08. The number of furan rings is 1. The molecule has 0 saturated heterocycles. The summed E-state index contributed by atoms with van der Waals surface area (Å²) in [6, 6.07) is 17.1. The third-order valence-electron chi connectivity index (χ3n) is 6.78. The summed E-state index contributed by atoms with van der Waals surface area (Å²) >= 11 is 1.62. The Morgan fingerprint density at radius 2 is 1.63 bits per heavy atom. The molecular formula is C29H22N2O3S. The first kappa shape index (κ1) is 21.5. The number of rotatable bonds is 3. The molecule has 0 bridgehead atoms. The Labute approximate surface area is 204 Å². The second kappa shape index (κ2) is 8.00. The Balaban J connectivity index is 1.83. The van der Waals surface area contributed by atoms with Crippen molar-refractivity contribution in [1.29, 1.82) is 0 Å². The fraction of sp³-hybridized carbons (Fsp3) is 0.172. The molecule has 0 unspecified atom stereocenters. The van der Waals surface area contributed by atoms with E-state index < -0.39 is 0 Å². The van der Waals surface area contributed by atoms with Gasteiger partial charge in [0, 0.05) is 38.5 Å². The van der Waals surface area contributed by atoms with Crippen molar-refractivity contribution in [1.82, 2.24) is 4.57 Å². The second-order valence-corrected chi connectivity index (χ2v) is 9.76. The van der Waals surface area contributed by atoms with E-state index in [0.717, 1.165) is 36.5 Å². The van der Waals surface area contributed by atoms with E-state index in [1.165, 1.54) is 4.57 Å². The van der Waals surface area contributed by atoms with Gasteiger partial charge in [-0.05, 0) is 53.8 Å². The molecule has 0 fully saturated rings. The zero-order valence-electron chi connectivity index (χ0n) is 19.3. The largest absolute Gasteiger partial charge is 0.433 e. The number of anilines is 1. The fourth-order valence-corrected chi connectivity index (χ4v) is 6.27. The van der Waals surface area contributed by atoms with Gasteiger partial charge in [0.1, 0.15) is 0 Å². The van der Waals surface area contributed by atoms with E-state index in [2.05, 4.69) is 24.0 Å². The van der Waals surface area contributed by atoms with Crippen molar-refractivity contribution in [2.45, 2.75) is 32.7 Å². The molecule has 6 aromatic rings. The van der Waals surface area contributed by atoms with Crippen LogP contribution >= 0.6 is 11.3 Å². The highest BCUT2D eigenvalue weighted by Gasteiger charge is 2.22. The van der Waals surface area contributed by atoms with Crippen LogP contribution in [0.1, 0.15) is 44.1 Å². The predicted octanol–water partition coefficient (Wildman–Crippen LogP) is 6.26. The molecule has 6 heteroatoms. The summed E-state index contributed by atoms with van der Waals surface area (Å²) in [5, 5.41) is 4.84. The van der Waals surface area contributed by atoms with Crippen LogP contribution in [-0.2, 0) is 0 Å². The van der Waals surface area contributed by atoms with Gasteiger partial charge in [0.15, 0.2) is 11.6 Å². The topological polar surface area (TPSA) is 78.2 Å². The van der Waals surface area contributed by atoms with E-state index in [0.29, 0.717) is 35.3 Å². The van der Waals surface area contributed by atoms with Gasteiger partial charge in [-0.15, -0.1) is 11.3 Å². The van der Waals surface area contributed by atoms with E-state index in [1.807, 2.05) is 44.2 Å².